The van der Waals surface area contributed by atoms with Gasteiger partial charge < -0.3 is 20.8 Å². The second kappa shape index (κ2) is 19.3. The molecule has 18 heteroatoms. The minimum absolute atomic E-state index is 0.0288. The van der Waals surface area contributed by atoms with Crippen LogP contribution in [0.2, 0.25) is 0 Å². The van der Waals surface area contributed by atoms with Crippen molar-refractivity contribution < 1.29 is 50.9 Å². The molecule has 0 atom stereocenters. The van der Waals surface area contributed by atoms with Gasteiger partial charge in [0.2, 0.25) is 0 Å². The quantitative estimate of drug-likeness (QED) is 0.121. The number of carbonyl (C=O) groups is 2. The summed E-state index contributed by atoms with van der Waals surface area (Å²) < 4.78 is 114. The molecule has 4 heterocycles. The van der Waals surface area contributed by atoms with E-state index in [9.17, 15) is 35.2 Å². The van der Waals surface area contributed by atoms with Crippen molar-refractivity contribution in [1.82, 2.24) is 28.5 Å². The molecule has 0 spiro atoms. The molecular formula is C38H36F2N6O8S2. The highest BCUT2D eigenvalue weighted by atomic mass is 32.2. The molecule has 6 rings (SSSR count). The lowest BCUT2D eigenvalue weighted by Gasteiger charge is -2.10. The Labute approximate surface area is 327 Å². The van der Waals surface area contributed by atoms with Crippen molar-refractivity contribution in [2.75, 3.05) is 14.1 Å². The maximum Gasteiger partial charge on any atom is 0.328 e. The number of pyridine rings is 2. The van der Waals surface area contributed by atoms with Crippen LogP contribution in [-0.2, 0) is 42.6 Å². The van der Waals surface area contributed by atoms with E-state index in [4.69, 9.17) is 15.7 Å². The van der Waals surface area contributed by atoms with Gasteiger partial charge in [0, 0.05) is 78.9 Å². The average Bonchev–Trinajstić information content (AvgIpc) is 3.90. The topological polar surface area (TPSA) is 203 Å². The van der Waals surface area contributed by atoms with Gasteiger partial charge in [0.05, 0.1) is 11.4 Å². The first kappa shape index (κ1) is 36.6. The number of aliphatic carboxylic acids is 2. The van der Waals surface area contributed by atoms with E-state index in [1.54, 1.807) is 12.1 Å². The van der Waals surface area contributed by atoms with Crippen LogP contribution in [0.25, 0.3) is 22.5 Å². The van der Waals surface area contributed by atoms with Crippen LogP contribution < -0.4 is 10.6 Å². The fraction of sp³-hybridized carbons (Fsp3) is 0.105. The van der Waals surface area contributed by atoms with Crippen LogP contribution in [0.3, 0.4) is 0 Å². The van der Waals surface area contributed by atoms with E-state index >= 15 is 0 Å². The molecule has 14 nitrogen and oxygen atoms in total. The second-order valence-corrected chi connectivity index (χ2v) is 14.6. The maximum absolute atomic E-state index is 14.3. The largest absolute Gasteiger partial charge is 0.478 e. The first-order valence-corrected chi connectivity index (χ1v) is 18.8. The molecule has 2 aromatic carbocycles. The van der Waals surface area contributed by atoms with Crippen molar-refractivity contribution in [3.05, 3.63) is 157 Å². The van der Waals surface area contributed by atoms with E-state index in [1.807, 2.05) is 0 Å². The Bertz CT molecular complexity index is 2530. The molecule has 0 bridgehead atoms. The number of nitrogens with zero attached hydrogens (tertiary/aromatic N) is 4. The molecule has 0 radical (unpaired) electrons. The van der Waals surface area contributed by atoms with Gasteiger partial charge >= 0.3 is 11.9 Å². The minimum Gasteiger partial charge on any atom is -0.478 e. The van der Waals surface area contributed by atoms with Crippen molar-refractivity contribution in [3.8, 4) is 22.5 Å². The zero-order chi connectivity index (χ0) is 44.5. The molecule has 0 amide bonds. The molecule has 0 aliphatic carbocycles. The van der Waals surface area contributed by atoms with Crippen LogP contribution in [0.1, 0.15) is 16.6 Å². The predicted octanol–water partition coefficient (Wildman–Crippen LogP) is 5.00. The van der Waals surface area contributed by atoms with Gasteiger partial charge in [0.25, 0.3) is 20.0 Å². The molecule has 0 aliphatic rings. The number of hydrogen-bond donors (Lipinski definition) is 4. The van der Waals surface area contributed by atoms with Gasteiger partial charge in [0.1, 0.15) is 21.4 Å². The van der Waals surface area contributed by atoms with E-state index in [0.717, 1.165) is 20.3 Å². The fourth-order valence-corrected chi connectivity index (χ4v) is 7.48. The van der Waals surface area contributed by atoms with E-state index in [1.165, 1.54) is 112 Å². The van der Waals surface area contributed by atoms with Gasteiger partial charge in [-0.1, -0.05) is 24.3 Å². The highest BCUT2D eigenvalue weighted by Gasteiger charge is 2.24. The summed E-state index contributed by atoms with van der Waals surface area (Å²) in [5.41, 5.74) is 0.287. The third kappa shape index (κ3) is 10.7. The third-order valence-electron chi connectivity index (χ3n) is 7.16. The van der Waals surface area contributed by atoms with Gasteiger partial charge in [-0.2, -0.15) is 0 Å². The number of aromatic nitrogens is 4. The van der Waals surface area contributed by atoms with Crippen molar-refractivity contribution in [2.24, 2.45) is 0 Å². The Morgan fingerprint density at radius 3 is 1.36 bits per heavy atom. The van der Waals surface area contributed by atoms with Crippen LogP contribution in [0.5, 0.6) is 0 Å². The molecule has 0 fully saturated rings. The summed E-state index contributed by atoms with van der Waals surface area (Å²) in [6, 6.07) is 19.8. The molecule has 0 saturated heterocycles. The number of rotatable bonds is 12. The lowest BCUT2D eigenvalue weighted by atomic mass is 10.1. The van der Waals surface area contributed by atoms with E-state index < -0.39 is 56.6 Å². The molecule has 292 valence electrons. The van der Waals surface area contributed by atoms with E-state index in [-0.39, 0.29) is 43.4 Å². The highest BCUT2D eigenvalue weighted by molar-refractivity contribution is 7.90. The Hall–Kier alpha value is -6.34. The average molecular weight is 811 g/mol. The van der Waals surface area contributed by atoms with Crippen LogP contribution in [0, 0.1) is 11.6 Å². The van der Waals surface area contributed by atoms with Gasteiger partial charge in [0.15, 0.2) is 0 Å². The van der Waals surface area contributed by atoms with Gasteiger partial charge in [-0.15, -0.1) is 0 Å². The zero-order valence-corrected chi connectivity index (χ0v) is 31.0. The molecule has 0 unspecified atom stereocenters. The first-order valence-electron chi connectivity index (χ1n) is 18.0. The number of nitrogens with one attached hydrogen (secondary N) is 2. The summed E-state index contributed by atoms with van der Waals surface area (Å²) in [5.74, 6) is -3.73. The summed E-state index contributed by atoms with van der Waals surface area (Å²) in [6.07, 6.45) is 8.68. The standard InChI is InChI=1S/2C17H16FN3O2S.C4H4O4/c2*1-19-10-13-9-17(15-6-2-3-7-16(15)18)21(12-13)24(22,23)14-5-4-8-20-11-14;5-3(6)1-2-4(7)8/h2*2-9,11-12,19H,10H2,1H3;1-2H,(H,5,6)(H,7,8)/b;;2-1+/i2*10D2;. The van der Waals surface area contributed by atoms with Crippen LogP contribution >= 0.6 is 0 Å². The molecule has 4 N–H and O–H groups in total. The Kier molecular flexibility index (Phi) is 12.6. The van der Waals surface area contributed by atoms with Gasteiger partial charge in [-0.3, -0.25) is 9.97 Å². The van der Waals surface area contributed by atoms with Crippen molar-refractivity contribution in [3.63, 3.8) is 0 Å². The predicted molar refractivity (Wildman–Crippen MR) is 203 cm³/mol. The zero-order valence-electron chi connectivity index (χ0n) is 33.4. The lowest BCUT2D eigenvalue weighted by molar-refractivity contribution is -0.134. The number of hydrogen-bond acceptors (Lipinski definition) is 10. The molecule has 6 aromatic rings. The lowest BCUT2D eigenvalue weighted by Crippen LogP contribution is -2.14. The van der Waals surface area contributed by atoms with Crippen molar-refractivity contribution in [1.29, 1.82) is 0 Å². The number of halogens is 2. The first-order chi connectivity index (χ1) is 28.2. The number of benzene rings is 2. The molecule has 56 heavy (non-hydrogen) atoms. The number of carboxylic acids is 2. The second-order valence-electron chi connectivity index (χ2n) is 10.9. The van der Waals surface area contributed by atoms with Crippen LogP contribution in [0.15, 0.2) is 144 Å². The SMILES string of the molecule is O=C(O)/C=C/C(=O)O.[2H]C([2H])(NC)c1cc(-c2ccccc2F)n(S(=O)(=O)c2cccnc2)c1.[2H]C([2H])(NC)c1cc(-c2ccccc2F)n(S(=O)(=O)c2cccnc2)c1. The normalized spacial score (nSPS) is 12.9. The van der Waals surface area contributed by atoms with Gasteiger partial charge in [-0.25, -0.2) is 43.2 Å². The Morgan fingerprint density at radius 1 is 0.679 bits per heavy atom. The monoisotopic (exact) mass is 810 g/mol. The van der Waals surface area contributed by atoms with Crippen molar-refractivity contribution in [2.45, 2.75) is 22.8 Å². The van der Waals surface area contributed by atoms with E-state index in [0.29, 0.717) is 12.2 Å². The smallest absolute Gasteiger partial charge is 0.328 e. The summed E-state index contributed by atoms with van der Waals surface area (Å²) in [4.78, 5) is 26.6. The molecule has 0 saturated carbocycles. The Morgan fingerprint density at radius 2 is 1.05 bits per heavy atom. The minimum atomic E-state index is -4.09. The van der Waals surface area contributed by atoms with E-state index in [2.05, 4.69) is 20.6 Å². The Balaban J connectivity index is 0.000000224. The highest BCUT2D eigenvalue weighted by Crippen LogP contribution is 2.30. The van der Waals surface area contributed by atoms with Crippen LogP contribution in [0.4, 0.5) is 8.78 Å². The summed E-state index contributed by atoms with van der Waals surface area (Å²) >= 11 is 0. The third-order valence-corrected chi connectivity index (χ3v) is 10.5. The summed E-state index contributed by atoms with van der Waals surface area (Å²) in [7, 11) is -5.35. The molecule has 4 aromatic heterocycles. The fourth-order valence-electron chi connectivity index (χ4n) is 4.81. The molecular weight excluding hydrogens is 771 g/mol. The summed E-state index contributed by atoms with van der Waals surface area (Å²) in [6.45, 7) is -3.98. The van der Waals surface area contributed by atoms with Gasteiger partial charge in [-0.05, 0) is 85.9 Å². The number of carboxylic acid groups (broad SMARTS) is 2. The summed E-state index contributed by atoms with van der Waals surface area (Å²) in [5, 5.41) is 20.6. The van der Waals surface area contributed by atoms with Crippen molar-refractivity contribution >= 4 is 32.0 Å². The maximum atomic E-state index is 14.3. The molecule has 0 aliphatic heterocycles. The van der Waals surface area contributed by atoms with Crippen LogP contribution in [-0.4, -0.2) is 71.0 Å².